The fraction of sp³-hybridized carbons (Fsp3) is 0.545. The zero-order valence-corrected chi connectivity index (χ0v) is 19.5. The highest BCUT2D eigenvalue weighted by molar-refractivity contribution is 5.72. The quantitative estimate of drug-likeness (QED) is 0.400. The van der Waals surface area contributed by atoms with Crippen molar-refractivity contribution in [2.24, 2.45) is 5.92 Å². The van der Waals surface area contributed by atoms with Crippen molar-refractivity contribution in [1.82, 2.24) is 30.1 Å². The molecule has 1 aliphatic heterocycles. The van der Waals surface area contributed by atoms with Crippen LogP contribution in [0.4, 0.5) is 34.0 Å². The van der Waals surface area contributed by atoms with Gasteiger partial charge in [-0.15, -0.1) is 13.2 Å². The van der Waals surface area contributed by atoms with Gasteiger partial charge in [0.05, 0.1) is 29.9 Å². The number of alkyl halides is 4. The van der Waals surface area contributed by atoms with Crippen molar-refractivity contribution in [1.29, 1.82) is 0 Å². The minimum absolute atomic E-state index is 0.0548. The molecule has 0 radical (unpaired) electrons. The normalized spacial score (nSPS) is 28.6. The second-order valence-corrected chi connectivity index (χ2v) is 9.79. The van der Waals surface area contributed by atoms with Gasteiger partial charge >= 0.3 is 12.5 Å². The number of ether oxygens (including phenoxy) is 3. The highest BCUT2D eigenvalue weighted by Crippen LogP contribution is 2.57. The molecule has 1 saturated heterocycles. The van der Waals surface area contributed by atoms with Gasteiger partial charge in [-0.05, 0) is 38.2 Å². The summed E-state index contributed by atoms with van der Waals surface area (Å²) in [6.07, 6.45) is -4.73. The lowest BCUT2D eigenvalue weighted by Gasteiger charge is -2.61. The van der Waals surface area contributed by atoms with Crippen molar-refractivity contribution in [2.45, 2.75) is 63.1 Å². The number of H-pyrrole nitrogens is 1. The Hall–Kier alpha value is -3.46. The van der Waals surface area contributed by atoms with Crippen LogP contribution in [-0.2, 0) is 20.8 Å². The Morgan fingerprint density at radius 2 is 2.11 bits per heavy atom. The summed E-state index contributed by atoms with van der Waals surface area (Å²) in [5.41, 5.74) is 1.13. The van der Waals surface area contributed by atoms with E-state index in [0.717, 1.165) is 19.3 Å². The molecular weight excluding hydrogens is 502 g/mol. The number of carbonyl (C=O) groups excluding carboxylic acids is 1. The van der Waals surface area contributed by atoms with E-state index in [4.69, 9.17) is 9.47 Å². The number of nitrogens with zero attached hydrogens (tertiary/aromatic N) is 4. The molecule has 3 saturated carbocycles. The molecule has 198 valence electrons. The van der Waals surface area contributed by atoms with Crippen LogP contribution in [0, 0.1) is 12.8 Å². The number of rotatable bonds is 7. The number of amides is 1. The number of carbonyl (C=O) groups is 1. The van der Waals surface area contributed by atoms with Crippen LogP contribution in [0.25, 0.3) is 5.52 Å². The first kappa shape index (κ1) is 23.9. The maximum atomic E-state index is 15.1. The van der Waals surface area contributed by atoms with Gasteiger partial charge in [0.2, 0.25) is 0 Å². The van der Waals surface area contributed by atoms with E-state index in [1.54, 1.807) is 13.1 Å². The standard InChI is InChI=1S/C22H23F4N7O4/c1-10-7-33-14(2-12(32-33)8-36-22(24,25)26)19(27-10)28-16-3-13(30-31-16)18-17(23)15(9-35-18)37-20(34)29-21-4-11(5-21)6-21/h2-3,7,11,15,17-18H,4-6,8-9H2,1H3,(H,29,34)(H2,27,28,30,31)/t11?,15-,17-,18-,21?/m1/s1. The van der Waals surface area contributed by atoms with Crippen molar-refractivity contribution in [2.75, 3.05) is 11.9 Å². The molecule has 4 fully saturated rings. The summed E-state index contributed by atoms with van der Waals surface area (Å²) < 4.78 is 68.3. The van der Waals surface area contributed by atoms with E-state index < -0.39 is 37.4 Å². The van der Waals surface area contributed by atoms with E-state index in [-0.39, 0.29) is 29.5 Å². The molecule has 3 aromatic heterocycles. The van der Waals surface area contributed by atoms with Gasteiger partial charge in [-0.1, -0.05) is 0 Å². The summed E-state index contributed by atoms with van der Waals surface area (Å²) in [6.45, 7) is 0.837. The topological polar surface area (TPSA) is 128 Å². The van der Waals surface area contributed by atoms with Gasteiger partial charge < -0.3 is 20.1 Å². The first-order valence-electron chi connectivity index (χ1n) is 11.7. The number of aromatic amines is 1. The number of hydrogen-bond acceptors (Lipinski definition) is 8. The Morgan fingerprint density at radius 1 is 1.32 bits per heavy atom. The Bertz CT molecular complexity index is 1330. The summed E-state index contributed by atoms with van der Waals surface area (Å²) >= 11 is 0. The molecule has 4 aliphatic rings. The van der Waals surface area contributed by atoms with Gasteiger partial charge in [-0.2, -0.15) is 10.2 Å². The molecular formula is C22H23F4N7O4. The fourth-order valence-electron chi connectivity index (χ4n) is 5.10. The number of anilines is 2. The van der Waals surface area contributed by atoms with Crippen LogP contribution < -0.4 is 10.6 Å². The number of alkyl carbamates (subject to hydrolysis) is 1. The highest BCUT2D eigenvalue weighted by Gasteiger charge is 2.58. The van der Waals surface area contributed by atoms with E-state index in [1.165, 1.54) is 16.6 Å². The Balaban J connectivity index is 1.11. The van der Waals surface area contributed by atoms with Crippen LogP contribution in [0.5, 0.6) is 0 Å². The van der Waals surface area contributed by atoms with Crippen LogP contribution in [0.3, 0.4) is 0 Å². The zero-order valence-electron chi connectivity index (χ0n) is 19.5. The van der Waals surface area contributed by atoms with Crippen LogP contribution >= 0.6 is 0 Å². The van der Waals surface area contributed by atoms with Gasteiger partial charge in [-0.3, -0.25) is 9.84 Å². The summed E-state index contributed by atoms with van der Waals surface area (Å²) in [5.74, 6) is 1.23. The number of nitrogens with one attached hydrogen (secondary N) is 3. The van der Waals surface area contributed by atoms with Gasteiger partial charge in [-0.25, -0.2) is 18.7 Å². The van der Waals surface area contributed by atoms with E-state index in [2.05, 4.69) is 35.7 Å². The Morgan fingerprint density at radius 3 is 2.81 bits per heavy atom. The second kappa shape index (κ2) is 8.55. The largest absolute Gasteiger partial charge is 0.522 e. The number of halogens is 4. The third kappa shape index (κ3) is 4.68. The molecule has 4 heterocycles. The lowest BCUT2D eigenvalue weighted by molar-refractivity contribution is -0.330. The lowest BCUT2D eigenvalue weighted by Crippen LogP contribution is -2.68. The first-order valence-corrected chi connectivity index (χ1v) is 11.7. The predicted molar refractivity (Wildman–Crippen MR) is 118 cm³/mol. The molecule has 3 atom stereocenters. The zero-order chi connectivity index (χ0) is 25.9. The van der Waals surface area contributed by atoms with E-state index in [0.29, 0.717) is 22.8 Å². The molecule has 37 heavy (non-hydrogen) atoms. The van der Waals surface area contributed by atoms with Crippen LogP contribution in [-0.4, -0.2) is 61.7 Å². The van der Waals surface area contributed by atoms with Gasteiger partial charge in [0, 0.05) is 11.6 Å². The minimum atomic E-state index is -4.78. The Labute approximate surface area is 206 Å². The van der Waals surface area contributed by atoms with Gasteiger partial charge in [0.1, 0.15) is 18.2 Å². The minimum Gasteiger partial charge on any atom is -0.441 e. The van der Waals surface area contributed by atoms with Crippen molar-refractivity contribution in [3.05, 3.63) is 35.4 Å². The van der Waals surface area contributed by atoms with Crippen LogP contribution in [0.2, 0.25) is 0 Å². The fourth-order valence-corrected chi connectivity index (χ4v) is 5.10. The van der Waals surface area contributed by atoms with Crippen molar-refractivity contribution < 1.29 is 36.6 Å². The molecule has 3 aromatic rings. The Kier molecular flexibility index (Phi) is 5.52. The molecule has 11 nitrogen and oxygen atoms in total. The molecule has 0 unspecified atom stereocenters. The third-order valence-corrected chi connectivity index (χ3v) is 6.91. The number of aromatic nitrogens is 5. The van der Waals surface area contributed by atoms with Crippen LogP contribution in [0.15, 0.2) is 18.3 Å². The molecule has 7 rings (SSSR count). The number of fused-ring (bicyclic) bond motifs is 1. The average molecular weight is 525 g/mol. The summed E-state index contributed by atoms with van der Waals surface area (Å²) in [7, 11) is 0. The first-order chi connectivity index (χ1) is 17.6. The molecule has 3 aliphatic carbocycles. The maximum Gasteiger partial charge on any atom is 0.522 e. The highest BCUT2D eigenvalue weighted by atomic mass is 19.4. The monoisotopic (exact) mass is 525 g/mol. The summed E-state index contributed by atoms with van der Waals surface area (Å²) in [5, 5.41) is 16.7. The third-order valence-electron chi connectivity index (χ3n) is 6.91. The molecule has 0 spiro atoms. The van der Waals surface area contributed by atoms with E-state index in [9.17, 15) is 18.0 Å². The molecule has 1 amide bonds. The SMILES string of the molecule is Cc1cn2nc(COC(F)(F)F)cc2c(Nc2cc([C@H]3OC[C@@H](OC(=O)NC45CC(C4)C5)[C@H]3F)[nH]n2)n1. The molecule has 2 bridgehead atoms. The lowest BCUT2D eigenvalue weighted by atomic mass is 9.50. The summed E-state index contributed by atoms with van der Waals surface area (Å²) in [4.78, 5) is 16.6. The van der Waals surface area contributed by atoms with Gasteiger partial charge in [0.15, 0.2) is 23.9 Å². The van der Waals surface area contributed by atoms with Crippen LogP contribution in [0.1, 0.15) is 42.4 Å². The predicted octanol–water partition coefficient (Wildman–Crippen LogP) is 3.60. The second-order valence-electron chi connectivity index (χ2n) is 9.79. The van der Waals surface area contributed by atoms with E-state index in [1.807, 2.05) is 0 Å². The van der Waals surface area contributed by atoms with Gasteiger partial charge in [0.25, 0.3) is 0 Å². The van der Waals surface area contributed by atoms with Crippen molar-refractivity contribution in [3.8, 4) is 0 Å². The average Bonchev–Trinajstić information content (AvgIpc) is 3.47. The number of aryl methyl sites for hydroxylation is 1. The molecule has 0 aromatic carbocycles. The summed E-state index contributed by atoms with van der Waals surface area (Å²) in [6, 6.07) is 2.93. The molecule has 15 heteroatoms. The van der Waals surface area contributed by atoms with Crippen molar-refractivity contribution >= 4 is 23.2 Å². The maximum absolute atomic E-state index is 15.1. The van der Waals surface area contributed by atoms with E-state index >= 15 is 4.39 Å². The van der Waals surface area contributed by atoms with Crippen molar-refractivity contribution in [3.63, 3.8) is 0 Å². The molecule has 3 N–H and O–H groups in total. The number of hydrogen-bond donors (Lipinski definition) is 3. The smallest absolute Gasteiger partial charge is 0.441 e.